The number of nitrogens with two attached hydrogens (primary N) is 1. The van der Waals surface area contributed by atoms with Crippen LogP contribution in [0.15, 0.2) is 6.20 Å². The third-order valence-corrected chi connectivity index (χ3v) is 2.73. The van der Waals surface area contributed by atoms with Crippen LogP contribution in [0.25, 0.3) is 0 Å². The summed E-state index contributed by atoms with van der Waals surface area (Å²) < 4.78 is 5.69. The lowest BCUT2D eigenvalue weighted by molar-refractivity contribution is 0.0492. The molecule has 0 saturated heterocycles. The molecule has 0 radical (unpaired) electrons. The fourth-order valence-corrected chi connectivity index (χ4v) is 1.84. The van der Waals surface area contributed by atoms with Crippen molar-refractivity contribution in [3.8, 4) is 0 Å². The Bertz CT molecular complexity index is 335. The predicted molar refractivity (Wildman–Crippen MR) is 68.6 cm³/mol. The Labute approximate surface area is 104 Å². The van der Waals surface area contributed by atoms with E-state index >= 15 is 0 Å². The van der Waals surface area contributed by atoms with Crippen molar-refractivity contribution in [2.75, 3.05) is 6.61 Å². The van der Waals surface area contributed by atoms with Gasteiger partial charge < -0.3 is 10.5 Å². The molecule has 2 N–H and O–H groups in total. The minimum atomic E-state index is 0.0159. The molecule has 0 aromatic carbocycles. The highest BCUT2D eigenvalue weighted by atomic mass is 16.5. The van der Waals surface area contributed by atoms with Crippen molar-refractivity contribution in [3.05, 3.63) is 23.3 Å². The molecular weight excluding hydrogens is 214 g/mol. The zero-order chi connectivity index (χ0) is 12.7. The Morgan fingerprint density at radius 3 is 2.65 bits per heavy atom. The zero-order valence-electron chi connectivity index (χ0n) is 11.1. The Hall–Kier alpha value is -1.00. The van der Waals surface area contributed by atoms with Gasteiger partial charge in [0.1, 0.15) is 6.10 Å². The van der Waals surface area contributed by atoms with Crippen LogP contribution in [0.5, 0.6) is 0 Å². The Balaban J connectivity index is 2.94. The second-order valence-corrected chi connectivity index (χ2v) is 3.99. The van der Waals surface area contributed by atoms with Gasteiger partial charge in [-0.3, -0.25) is 0 Å². The molecule has 0 saturated carbocycles. The monoisotopic (exact) mass is 237 g/mol. The summed E-state index contributed by atoms with van der Waals surface area (Å²) in [5, 5.41) is 0. The summed E-state index contributed by atoms with van der Waals surface area (Å²) in [5.74, 6) is 0.794. The fraction of sp³-hybridized carbons (Fsp3) is 0.692. The second-order valence-electron chi connectivity index (χ2n) is 3.99. The first-order valence-electron chi connectivity index (χ1n) is 6.43. The third kappa shape index (κ3) is 3.75. The SMILES string of the molecule is CCCC(OCC)c1ncc(CN)c(CC)n1. The minimum absolute atomic E-state index is 0.0159. The first-order valence-corrected chi connectivity index (χ1v) is 6.43. The van der Waals surface area contributed by atoms with E-state index in [1.54, 1.807) is 0 Å². The topological polar surface area (TPSA) is 61.0 Å². The highest BCUT2D eigenvalue weighted by Crippen LogP contribution is 2.20. The molecule has 0 fully saturated rings. The van der Waals surface area contributed by atoms with E-state index in [9.17, 15) is 0 Å². The molecule has 1 aromatic rings. The number of aromatic nitrogens is 2. The summed E-state index contributed by atoms with van der Waals surface area (Å²) in [4.78, 5) is 8.96. The molecule has 1 unspecified atom stereocenters. The van der Waals surface area contributed by atoms with Gasteiger partial charge >= 0.3 is 0 Å². The summed E-state index contributed by atoms with van der Waals surface area (Å²) in [6.07, 6.45) is 4.75. The van der Waals surface area contributed by atoms with Gasteiger partial charge in [0.15, 0.2) is 5.82 Å². The summed E-state index contributed by atoms with van der Waals surface area (Å²) >= 11 is 0. The summed E-state index contributed by atoms with van der Waals surface area (Å²) in [6, 6.07) is 0. The lowest BCUT2D eigenvalue weighted by Crippen LogP contribution is -2.13. The lowest BCUT2D eigenvalue weighted by atomic mass is 10.1. The quantitative estimate of drug-likeness (QED) is 0.791. The van der Waals surface area contributed by atoms with Crippen LogP contribution in [-0.4, -0.2) is 16.6 Å². The van der Waals surface area contributed by atoms with E-state index in [0.717, 1.165) is 36.3 Å². The number of nitrogens with zero attached hydrogens (tertiary/aromatic N) is 2. The Morgan fingerprint density at radius 2 is 2.12 bits per heavy atom. The molecule has 0 aliphatic heterocycles. The van der Waals surface area contributed by atoms with Gasteiger partial charge in [0.25, 0.3) is 0 Å². The van der Waals surface area contributed by atoms with E-state index in [0.29, 0.717) is 13.2 Å². The molecular formula is C13H23N3O. The molecule has 96 valence electrons. The maximum absolute atomic E-state index is 5.69. The molecule has 4 heteroatoms. The molecule has 0 amide bonds. The highest BCUT2D eigenvalue weighted by Gasteiger charge is 2.15. The number of rotatable bonds is 7. The van der Waals surface area contributed by atoms with E-state index in [4.69, 9.17) is 10.5 Å². The van der Waals surface area contributed by atoms with E-state index in [2.05, 4.69) is 23.8 Å². The van der Waals surface area contributed by atoms with Crippen LogP contribution >= 0.6 is 0 Å². The molecule has 17 heavy (non-hydrogen) atoms. The third-order valence-electron chi connectivity index (χ3n) is 2.73. The molecule has 0 aliphatic carbocycles. The number of hydrogen-bond acceptors (Lipinski definition) is 4. The van der Waals surface area contributed by atoms with Crippen molar-refractivity contribution in [1.29, 1.82) is 0 Å². The average Bonchev–Trinajstić information content (AvgIpc) is 2.37. The van der Waals surface area contributed by atoms with Crippen molar-refractivity contribution in [1.82, 2.24) is 9.97 Å². The van der Waals surface area contributed by atoms with Crippen LogP contribution in [0.2, 0.25) is 0 Å². The van der Waals surface area contributed by atoms with Gasteiger partial charge in [0.2, 0.25) is 0 Å². The zero-order valence-corrected chi connectivity index (χ0v) is 11.1. The average molecular weight is 237 g/mol. The molecule has 1 aromatic heterocycles. The lowest BCUT2D eigenvalue weighted by Gasteiger charge is -2.16. The molecule has 0 spiro atoms. The Kier molecular flexibility index (Phi) is 6.08. The summed E-state index contributed by atoms with van der Waals surface area (Å²) in [5.41, 5.74) is 7.73. The van der Waals surface area contributed by atoms with E-state index in [-0.39, 0.29) is 6.10 Å². The highest BCUT2D eigenvalue weighted by molar-refractivity contribution is 5.18. The number of hydrogen-bond donors (Lipinski definition) is 1. The molecule has 0 bridgehead atoms. The van der Waals surface area contributed by atoms with Crippen LogP contribution < -0.4 is 5.73 Å². The van der Waals surface area contributed by atoms with Gasteiger partial charge in [0.05, 0.1) is 0 Å². The fourth-order valence-electron chi connectivity index (χ4n) is 1.84. The van der Waals surface area contributed by atoms with Crippen molar-refractivity contribution in [2.45, 2.75) is 52.7 Å². The standard InChI is InChI=1S/C13H23N3O/c1-4-7-12(17-6-3)13-15-9-10(8-14)11(5-2)16-13/h9,12H,4-8,14H2,1-3H3. The van der Waals surface area contributed by atoms with Gasteiger partial charge in [-0.05, 0) is 19.8 Å². The van der Waals surface area contributed by atoms with Crippen LogP contribution in [-0.2, 0) is 17.7 Å². The maximum atomic E-state index is 5.69. The van der Waals surface area contributed by atoms with Crippen molar-refractivity contribution in [3.63, 3.8) is 0 Å². The van der Waals surface area contributed by atoms with Crippen LogP contribution in [0, 0.1) is 0 Å². The van der Waals surface area contributed by atoms with Crippen molar-refractivity contribution < 1.29 is 4.74 Å². The van der Waals surface area contributed by atoms with Crippen LogP contribution in [0.4, 0.5) is 0 Å². The van der Waals surface area contributed by atoms with Gasteiger partial charge in [-0.15, -0.1) is 0 Å². The molecule has 4 nitrogen and oxygen atoms in total. The molecule has 1 heterocycles. The first-order chi connectivity index (χ1) is 8.26. The van der Waals surface area contributed by atoms with Crippen LogP contribution in [0.3, 0.4) is 0 Å². The second kappa shape index (κ2) is 7.35. The summed E-state index contributed by atoms with van der Waals surface area (Å²) in [6.45, 7) is 7.41. The first kappa shape index (κ1) is 14.1. The van der Waals surface area contributed by atoms with Crippen molar-refractivity contribution >= 4 is 0 Å². The van der Waals surface area contributed by atoms with Gasteiger partial charge in [-0.2, -0.15) is 0 Å². The van der Waals surface area contributed by atoms with E-state index in [1.807, 2.05) is 13.1 Å². The normalized spacial score (nSPS) is 12.7. The van der Waals surface area contributed by atoms with Crippen molar-refractivity contribution in [2.24, 2.45) is 5.73 Å². The van der Waals surface area contributed by atoms with Gasteiger partial charge in [-0.25, -0.2) is 9.97 Å². The van der Waals surface area contributed by atoms with Gasteiger partial charge in [-0.1, -0.05) is 20.3 Å². The molecule has 1 rings (SSSR count). The minimum Gasteiger partial charge on any atom is -0.371 e. The number of aryl methyl sites for hydroxylation is 1. The smallest absolute Gasteiger partial charge is 0.157 e. The number of ether oxygens (including phenoxy) is 1. The van der Waals surface area contributed by atoms with E-state index in [1.165, 1.54) is 0 Å². The summed E-state index contributed by atoms with van der Waals surface area (Å²) in [7, 11) is 0. The van der Waals surface area contributed by atoms with Crippen LogP contribution in [0.1, 0.15) is 56.8 Å². The molecule has 0 aliphatic rings. The largest absolute Gasteiger partial charge is 0.371 e. The van der Waals surface area contributed by atoms with Gasteiger partial charge in [0, 0.05) is 30.6 Å². The Morgan fingerprint density at radius 1 is 1.35 bits per heavy atom. The molecule has 1 atom stereocenters. The predicted octanol–water partition coefficient (Wildman–Crippen LogP) is 2.38. The maximum Gasteiger partial charge on any atom is 0.157 e. The van der Waals surface area contributed by atoms with E-state index < -0.39 is 0 Å².